The van der Waals surface area contributed by atoms with Crippen molar-refractivity contribution in [1.82, 2.24) is 5.32 Å². The summed E-state index contributed by atoms with van der Waals surface area (Å²) < 4.78 is 0. The van der Waals surface area contributed by atoms with Crippen molar-refractivity contribution in [1.29, 1.82) is 0 Å². The zero-order chi connectivity index (χ0) is 5.98. The third kappa shape index (κ3) is 1.75. The topological polar surface area (TPSA) is 12.0 Å². The molecule has 0 aliphatic carbocycles. The van der Waals surface area contributed by atoms with Gasteiger partial charge < -0.3 is 5.32 Å². The van der Waals surface area contributed by atoms with E-state index < -0.39 is 0 Å². The van der Waals surface area contributed by atoms with Gasteiger partial charge in [0.15, 0.2) is 0 Å². The minimum Gasteiger partial charge on any atom is -0.305 e. The van der Waals surface area contributed by atoms with Crippen molar-refractivity contribution in [2.75, 3.05) is 6.54 Å². The van der Waals surface area contributed by atoms with Crippen LogP contribution in [0.5, 0.6) is 0 Å². The summed E-state index contributed by atoms with van der Waals surface area (Å²) in [7, 11) is 0. The fraction of sp³-hybridized carbons (Fsp3) is 1.00. The standard InChI is InChI=1S/C6H12BrN/c1-5-2-3-8-6(7)4-5/h5-6,8H,2-4H2,1H3. The van der Waals surface area contributed by atoms with E-state index in [0.29, 0.717) is 4.95 Å². The first-order chi connectivity index (χ1) is 3.79. The fourth-order valence-corrected chi connectivity index (χ4v) is 1.91. The van der Waals surface area contributed by atoms with Gasteiger partial charge in [0, 0.05) is 0 Å². The molecule has 1 saturated heterocycles. The van der Waals surface area contributed by atoms with Crippen LogP contribution in [0.25, 0.3) is 0 Å². The SMILES string of the molecule is CC1CCNC(Br)C1. The van der Waals surface area contributed by atoms with E-state index in [4.69, 9.17) is 0 Å². The Hall–Kier alpha value is 0.440. The van der Waals surface area contributed by atoms with Gasteiger partial charge in [-0.25, -0.2) is 0 Å². The van der Waals surface area contributed by atoms with Gasteiger partial charge in [-0.1, -0.05) is 22.9 Å². The molecule has 0 spiro atoms. The first kappa shape index (κ1) is 6.56. The van der Waals surface area contributed by atoms with Gasteiger partial charge >= 0.3 is 0 Å². The van der Waals surface area contributed by atoms with Gasteiger partial charge in [0.05, 0.1) is 4.95 Å². The Morgan fingerprint density at radius 2 is 2.38 bits per heavy atom. The highest BCUT2D eigenvalue weighted by Gasteiger charge is 2.14. The lowest BCUT2D eigenvalue weighted by Gasteiger charge is -2.23. The molecule has 48 valence electrons. The van der Waals surface area contributed by atoms with Crippen molar-refractivity contribution < 1.29 is 0 Å². The van der Waals surface area contributed by atoms with E-state index in [9.17, 15) is 0 Å². The van der Waals surface area contributed by atoms with E-state index in [-0.39, 0.29) is 0 Å². The Kier molecular flexibility index (Phi) is 2.32. The summed E-state index contributed by atoms with van der Waals surface area (Å²) in [5.41, 5.74) is 0. The molecule has 0 radical (unpaired) electrons. The highest BCUT2D eigenvalue weighted by Crippen LogP contribution is 2.17. The highest BCUT2D eigenvalue weighted by atomic mass is 79.9. The van der Waals surface area contributed by atoms with Crippen LogP contribution in [0.2, 0.25) is 0 Å². The Morgan fingerprint density at radius 1 is 1.62 bits per heavy atom. The van der Waals surface area contributed by atoms with Crippen molar-refractivity contribution >= 4 is 15.9 Å². The zero-order valence-electron chi connectivity index (χ0n) is 5.15. The lowest BCUT2D eigenvalue weighted by molar-refractivity contribution is 0.386. The Balaban J connectivity index is 2.23. The van der Waals surface area contributed by atoms with E-state index in [1.165, 1.54) is 19.4 Å². The van der Waals surface area contributed by atoms with Crippen LogP contribution in [0.3, 0.4) is 0 Å². The molecule has 1 nitrogen and oxygen atoms in total. The molecular formula is C6H12BrN. The highest BCUT2D eigenvalue weighted by molar-refractivity contribution is 9.09. The van der Waals surface area contributed by atoms with Gasteiger partial charge in [-0.15, -0.1) is 0 Å². The molecule has 2 heteroatoms. The Bertz CT molecular complexity index is 66.9. The first-order valence-electron chi connectivity index (χ1n) is 3.16. The average molecular weight is 178 g/mol. The molecule has 2 unspecified atom stereocenters. The quantitative estimate of drug-likeness (QED) is 0.440. The maximum absolute atomic E-state index is 3.52. The smallest absolute Gasteiger partial charge is 0.0633 e. The Morgan fingerprint density at radius 3 is 2.75 bits per heavy atom. The van der Waals surface area contributed by atoms with E-state index in [1.807, 2.05) is 0 Å². The maximum atomic E-state index is 3.52. The maximum Gasteiger partial charge on any atom is 0.0633 e. The number of rotatable bonds is 0. The normalized spacial score (nSPS) is 39.8. The molecule has 1 aliphatic heterocycles. The second kappa shape index (κ2) is 2.83. The second-order valence-electron chi connectivity index (χ2n) is 2.55. The number of hydrogen-bond donors (Lipinski definition) is 1. The number of alkyl halides is 1. The van der Waals surface area contributed by atoms with Gasteiger partial charge in [0.25, 0.3) is 0 Å². The van der Waals surface area contributed by atoms with Crippen molar-refractivity contribution in [3.8, 4) is 0 Å². The number of hydrogen-bond acceptors (Lipinski definition) is 1. The third-order valence-electron chi connectivity index (χ3n) is 1.61. The van der Waals surface area contributed by atoms with Crippen LogP contribution in [-0.2, 0) is 0 Å². The lowest BCUT2D eigenvalue weighted by Crippen LogP contribution is -2.32. The summed E-state index contributed by atoms with van der Waals surface area (Å²) in [6, 6.07) is 0. The predicted molar refractivity (Wildman–Crippen MR) is 39.1 cm³/mol. The van der Waals surface area contributed by atoms with Gasteiger partial charge in [-0.05, 0) is 25.3 Å². The molecule has 0 aromatic rings. The summed E-state index contributed by atoms with van der Waals surface area (Å²) in [6.45, 7) is 3.48. The fourth-order valence-electron chi connectivity index (χ4n) is 1.04. The van der Waals surface area contributed by atoms with E-state index in [1.54, 1.807) is 0 Å². The summed E-state index contributed by atoms with van der Waals surface area (Å²) in [6.07, 6.45) is 2.61. The molecule has 0 bridgehead atoms. The first-order valence-corrected chi connectivity index (χ1v) is 4.08. The largest absolute Gasteiger partial charge is 0.305 e. The summed E-state index contributed by atoms with van der Waals surface area (Å²) in [4.78, 5) is 0.575. The molecule has 1 rings (SSSR count). The van der Waals surface area contributed by atoms with Crippen LogP contribution in [-0.4, -0.2) is 11.5 Å². The molecule has 2 atom stereocenters. The third-order valence-corrected chi connectivity index (χ3v) is 2.31. The molecule has 0 amide bonds. The predicted octanol–water partition coefficient (Wildman–Crippen LogP) is 1.73. The van der Waals surface area contributed by atoms with Crippen LogP contribution < -0.4 is 5.32 Å². The number of piperidine rings is 1. The lowest BCUT2D eigenvalue weighted by atomic mass is 10.0. The van der Waals surface area contributed by atoms with Gasteiger partial charge in [-0.3, -0.25) is 0 Å². The van der Waals surface area contributed by atoms with E-state index in [0.717, 1.165) is 5.92 Å². The van der Waals surface area contributed by atoms with E-state index >= 15 is 0 Å². The summed E-state index contributed by atoms with van der Waals surface area (Å²) >= 11 is 3.52. The van der Waals surface area contributed by atoms with Gasteiger partial charge in [-0.2, -0.15) is 0 Å². The minimum atomic E-state index is 0.575. The molecule has 0 saturated carbocycles. The van der Waals surface area contributed by atoms with Crippen molar-refractivity contribution in [3.63, 3.8) is 0 Å². The monoisotopic (exact) mass is 177 g/mol. The van der Waals surface area contributed by atoms with Gasteiger partial charge in [0.2, 0.25) is 0 Å². The average Bonchev–Trinajstić information content (AvgIpc) is 1.64. The van der Waals surface area contributed by atoms with E-state index in [2.05, 4.69) is 28.2 Å². The number of nitrogens with one attached hydrogen (secondary N) is 1. The van der Waals surface area contributed by atoms with Crippen molar-refractivity contribution in [2.45, 2.75) is 24.7 Å². The zero-order valence-corrected chi connectivity index (χ0v) is 6.74. The second-order valence-corrected chi connectivity index (χ2v) is 3.66. The molecule has 1 N–H and O–H groups in total. The molecule has 1 aliphatic rings. The van der Waals surface area contributed by atoms with Crippen LogP contribution in [0, 0.1) is 5.92 Å². The van der Waals surface area contributed by atoms with Crippen molar-refractivity contribution in [2.24, 2.45) is 5.92 Å². The number of halogens is 1. The summed E-state index contributed by atoms with van der Waals surface area (Å²) in [5, 5.41) is 3.33. The van der Waals surface area contributed by atoms with Crippen LogP contribution in [0.4, 0.5) is 0 Å². The van der Waals surface area contributed by atoms with Crippen LogP contribution >= 0.6 is 15.9 Å². The van der Waals surface area contributed by atoms with Crippen LogP contribution in [0.1, 0.15) is 19.8 Å². The molecule has 0 aromatic carbocycles. The summed E-state index contributed by atoms with van der Waals surface area (Å²) in [5.74, 6) is 0.903. The Labute approximate surface area is 59.0 Å². The molecular weight excluding hydrogens is 166 g/mol. The van der Waals surface area contributed by atoms with Crippen LogP contribution in [0.15, 0.2) is 0 Å². The minimum absolute atomic E-state index is 0.575. The molecule has 1 fully saturated rings. The molecule has 1 heterocycles. The molecule has 8 heavy (non-hydrogen) atoms. The van der Waals surface area contributed by atoms with Crippen molar-refractivity contribution in [3.05, 3.63) is 0 Å². The molecule has 0 aromatic heterocycles. The van der Waals surface area contributed by atoms with Gasteiger partial charge in [0.1, 0.15) is 0 Å².